The number of benzene rings is 2. The van der Waals surface area contributed by atoms with Crippen LogP contribution in [0.25, 0.3) is 22.1 Å². The molecule has 7 nitrogen and oxygen atoms in total. The number of anilines is 1. The third kappa shape index (κ3) is 3.34. The zero-order valence-corrected chi connectivity index (χ0v) is 15.5. The lowest BCUT2D eigenvalue weighted by molar-refractivity contribution is -0.116. The maximum Gasteiger partial charge on any atom is 0.297 e. The Morgan fingerprint density at radius 2 is 1.93 bits per heavy atom. The molecule has 2 heterocycles. The first-order chi connectivity index (χ1) is 13.5. The Morgan fingerprint density at radius 3 is 2.75 bits per heavy atom. The Balaban J connectivity index is 1.60. The van der Waals surface area contributed by atoms with Crippen LogP contribution in [0.4, 0.5) is 5.69 Å². The fraction of sp³-hybridized carbons (Fsp3) is 0.190. The van der Waals surface area contributed by atoms with Crippen LogP contribution < -0.4 is 15.6 Å². The molecule has 0 atom stereocenters. The number of fused-ring (bicyclic) bond motifs is 3. The van der Waals surface area contributed by atoms with Gasteiger partial charge in [-0.3, -0.25) is 14.2 Å². The van der Waals surface area contributed by atoms with Gasteiger partial charge in [-0.1, -0.05) is 24.3 Å². The second kappa shape index (κ2) is 7.19. The molecule has 2 aromatic heterocycles. The molecule has 0 saturated carbocycles. The van der Waals surface area contributed by atoms with E-state index in [4.69, 9.17) is 9.15 Å². The molecule has 0 spiro atoms. The highest BCUT2D eigenvalue weighted by atomic mass is 16.5. The third-order valence-corrected chi connectivity index (χ3v) is 4.19. The van der Waals surface area contributed by atoms with E-state index in [0.717, 1.165) is 5.39 Å². The van der Waals surface area contributed by atoms with Crippen molar-refractivity contribution >= 4 is 33.7 Å². The maximum atomic E-state index is 12.7. The van der Waals surface area contributed by atoms with Crippen molar-refractivity contribution in [2.75, 3.05) is 5.32 Å². The van der Waals surface area contributed by atoms with Gasteiger partial charge in [0.05, 0.1) is 18.1 Å². The van der Waals surface area contributed by atoms with Crippen molar-refractivity contribution in [3.63, 3.8) is 0 Å². The van der Waals surface area contributed by atoms with Gasteiger partial charge >= 0.3 is 0 Å². The van der Waals surface area contributed by atoms with Crippen molar-refractivity contribution in [3.05, 3.63) is 65.2 Å². The minimum atomic E-state index is -0.400. The Kier molecular flexibility index (Phi) is 4.57. The molecule has 0 aliphatic rings. The fourth-order valence-electron chi connectivity index (χ4n) is 3.00. The molecule has 0 saturated heterocycles. The lowest BCUT2D eigenvalue weighted by Gasteiger charge is -2.15. The summed E-state index contributed by atoms with van der Waals surface area (Å²) in [5, 5.41) is 3.55. The number of nitrogens with one attached hydrogen (secondary N) is 1. The van der Waals surface area contributed by atoms with Crippen molar-refractivity contribution in [2.24, 2.45) is 0 Å². The molecule has 4 rings (SSSR count). The van der Waals surface area contributed by atoms with E-state index in [-0.39, 0.29) is 24.1 Å². The standard InChI is InChI=1S/C21H19N3O4/c1-13(2)27-17-10-6-4-8-15(17)23-18(25)11-24-12-22-19-14-7-3-5-9-16(14)28-20(19)21(24)26/h3-10,12-13H,11H2,1-2H3,(H,23,25). The van der Waals surface area contributed by atoms with Gasteiger partial charge in [0.25, 0.3) is 5.56 Å². The third-order valence-electron chi connectivity index (χ3n) is 4.19. The Hall–Kier alpha value is -3.61. The summed E-state index contributed by atoms with van der Waals surface area (Å²) in [5.41, 5.74) is 1.37. The lowest BCUT2D eigenvalue weighted by Crippen LogP contribution is -2.27. The number of furan rings is 1. The Labute approximate surface area is 160 Å². The molecule has 1 amide bonds. The zero-order chi connectivity index (χ0) is 19.7. The summed E-state index contributed by atoms with van der Waals surface area (Å²) in [7, 11) is 0. The SMILES string of the molecule is CC(C)Oc1ccccc1NC(=O)Cn1cnc2c(oc3ccccc32)c1=O. The van der Waals surface area contributed by atoms with Gasteiger partial charge in [0.15, 0.2) is 0 Å². The van der Waals surface area contributed by atoms with Gasteiger partial charge in [0.2, 0.25) is 11.5 Å². The molecule has 0 unspecified atom stereocenters. The first-order valence-corrected chi connectivity index (χ1v) is 8.95. The number of nitrogens with zero attached hydrogens (tertiary/aromatic N) is 2. The molecule has 142 valence electrons. The first-order valence-electron chi connectivity index (χ1n) is 8.95. The average molecular weight is 377 g/mol. The predicted octanol–water partition coefficient (Wildman–Crippen LogP) is 3.57. The van der Waals surface area contributed by atoms with E-state index in [2.05, 4.69) is 10.3 Å². The Bertz CT molecular complexity index is 1220. The molecule has 2 aromatic carbocycles. The average Bonchev–Trinajstić information content (AvgIpc) is 3.05. The molecule has 7 heteroatoms. The van der Waals surface area contributed by atoms with Gasteiger partial charge in [0, 0.05) is 5.39 Å². The quantitative estimate of drug-likeness (QED) is 0.575. The van der Waals surface area contributed by atoms with Crippen LogP contribution in [-0.2, 0) is 11.3 Å². The molecular weight excluding hydrogens is 358 g/mol. The van der Waals surface area contributed by atoms with Gasteiger partial charge in [-0.2, -0.15) is 0 Å². The second-order valence-corrected chi connectivity index (χ2v) is 6.66. The number of ether oxygens (including phenoxy) is 1. The second-order valence-electron chi connectivity index (χ2n) is 6.66. The van der Waals surface area contributed by atoms with E-state index in [0.29, 0.717) is 22.5 Å². The molecule has 0 aliphatic heterocycles. The molecule has 4 aromatic rings. The summed E-state index contributed by atoms with van der Waals surface area (Å²) in [6, 6.07) is 14.5. The maximum absolute atomic E-state index is 12.7. The van der Waals surface area contributed by atoms with Gasteiger partial charge < -0.3 is 14.5 Å². The van der Waals surface area contributed by atoms with Gasteiger partial charge in [-0.25, -0.2) is 4.98 Å². The molecule has 0 aliphatic carbocycles. The summed E-state index contributed by atoms with van der Waals surface area (Å²) in [6.07, 6.45) is 1.34. The van der Waals surface area contributed by atoms with Crippen LogP contribution in [0.5, 0.6) is 5.75 Å². The largest absolute Gasteiger partial charge is 0.489 e. The van der Waals surface area contributed by atoms with E-state index < -0.39 is 5.56 Å². The van der Waals surface area contributed by atoms with Crippen molar-refractivity contribution in [1.82, 2.24) is 9.55 Å². The Morgan fingerprint density at radius 1 is 1.18 bits per heavy atom. The van der Waals surface area contributed by atoms with Crippen molar-refractivity contribution in [3.8, 4) is 5.75 Å². The molecule has 28 heavy (non-hydrogen) atoms. The van der Waals surface area contributed by atoms with Crippen LogP contribution in [0.15, 0.2) is 64.1 Å². The van der Waals surface area contributed by atoms with Crippen molar-refractivity contribution in [1.29, 1.82) is 0 Å². The molecular formula is C21H19N3O4. The molecule has 1 N–H and O–H groups in total. The predicted molar refractivity (Wildman–Crippen MR) is 107 cm³/mol. The number of carbonyl (C=O) groups excluding carboxylic acids is 1. The van der Waals surface area contributed by atoms with E-state index in [1.807, 2.05) is 38.1 Å². The minimum absolute atomic E-state index is 0.0274. The summed E-state index contributed by atoms with van der Waals surface area (Å²) < 4.78 is 12.6. The topological polar surface area (TPSA) is 86.4 Å². The van der Waals surface area contributed by atoms with Crippen molar-refractivity contribution in [2.45, 2.75) is 26.5 Å². The van der Waals surface area contributed by atoms with Gasteiger partial charge in [0.1, 0.15) is 23.4 Å². The summed E-state index contributed by atoms with van der Waals surface area (Å²) in [5.74, 6) is 0.211. The number of hydrogen-bond donors (Lipinski definition) is 1. The smallest absolute Gasteiger partial charge is 0.297 e. The number of carbonyl (C=O) groups is 1. The molecule has 0 fully saturated rings. The van der Waals surface area contributed by atoms with Crippen LogP contribution in [0.3, 0.4) is 0 Å². The fourth-order valence-corrected chi connectivity index (χ4v) is 3.00. The molecule has 0 radical (unpaired) electrons. The van der Waals surface area contributed by atoms with Crippen LogP contribution in [0, 0.1) is 0 Å². The number of amides is 1. The number of aromatic nitrogens is 2. The minimum Gasteiger partial charge on any atom is -0.489 e. The van der Waals surface area contributed by atoms with E-state index in [9.17, 15) is 9.59 Å². The molecule has 0 bridgehead atoms. The van der Waals surface area contributed by atoms with Crippen LogP contribution in [0.1, 0.15) is 13.8 Å². The summed E-state index contributed by atoms with van der Waals surface area (Å²) in [6.45, 7) is 3.63. The lowest BCUT2D eigenvalue weighted by atomic mass is 10.2. The summed E-state index contributed by atoms with van der Waals surface area (Å²) >= 11 is 0. The van der Waals surface area contributed by atoms with Crippen LogP contribution in [-0.4, -0.2) is 21.6 Å². The zero-order valence-electron chi connectivity index (χ0n) is 15.5. The first kappa shape index (κ1) is 17.8. The highest BCUT2D eigenvalue weighted by Gasteiger charge is 2.15. The number of rotatable bonds is 5. The van der Waals surface area contributed by atoms with E-state index in [1.165, 1.54) is 10.9 Å². The van der Waals surface area contributed by atoms with Crippen LogP contribution >= 0.6 is 0 Å². The van der Waals surface area contributed by atoms with Gasteiger partial charge in [-0.05, 0) is 38.1 Å². The van der Waals surface area contributed by atoms with Crippen LogP contribution in [0.2, 0.25) is 0 Å². The normalized spacial score (nSPS) is 11.2. The summed E-state index contributed by atoms with van der Waals surface area (Å²) in [4.78, 5) is 29.5. The monoisotopic (exact) mass is 377 g/mol. The van der Waals surface area contributed by atoms with Crippen molar-refractivity contribution < 1.29 is 13.9 Å². The van der Waals surface area contributed by atoms with E-state index in [1.54, 1.807) is 24.3 Å². The number of para-hydroxylation sites is 3. The number of hydrogen-bond acceptors (Lipinski definition) is 5. The van der Waals surface area contributed by atoms with Gasteiger partial charge in [-0.15, -0.1) is 0 Å². The van der Waals surface area contributed by atoms with E-state index >= 15 is 0 Å². The highest BCUT2D eigenvalue weighted by Crippen LogP contribution is 2.25. The highest BCUT2D eigenvalue weighted by molar-refractivity contribution is 6.01.